The number of carboxylic acids is 1. The van der Waals surface area contributed by atoms with E-state index in [9.17, 15) is 13.2 Å². The van der Waals surface area contributed by atoms with Crippen LogP contribution in [0.2, 0.25) is 0 Å². The number of nitrogens with zero attached hydrogens (tertiary/aromatic N) is 1. The molecule has 0 saturated carbocycles. The average Bonchev–Trinajstić information content (AvgIpc) is 2.38. The summed E-state index contributed by atoms with van der Waals surface area (Å²) in [5.74, 6) is -1.45. The van der Waals surface area contributed by atoms with E-state index in [1.807, 2.05) is 6.07 Å². The van der Waals surface area contributed by atoms with Crippen molar-refractivity contribution in [3.63, 3.8) is 0 Å². The van der Waals surface area contributed by atoms with Gasteiger partial charge in [0.2, 0.25) is 0 Å². The van der Waals surface area contributed by atoms with Crippen LogP contribution in [-0.4, -0.2) is 38.0 Å². The van der Waals surface area contributed by atoms with Gasteiger partial charge in [-0.15, -0.1) is 0 Å². The summed E-state index contributed by atoms with van der Waals surface area (Å²) >= 11 is 0. The maximum Gasteiger partial charge on any atom is 0.332 e. The minimum Gasteiger partial charge on any atom is -0.479 e. The average molecular weight is 283 g/mol. The van der Waals surface area contributed by atoms with Crippen LogP contribution in [0.5, 0.6) is 0 Å². The minimum absolute atomic E-state index is 0.0816. The van der Waals surface area contributed by atoms with Crippen molar-refractivity contribution in [3.05, 3.63) is 29.8 Å². The van der Waals surface area contributed by atoms with Crippen molar-refractivity contribution in [1.29, 1.82) is 5.26 Å². The quantitative estimate of drug-likeness (QED) is 0.828. The van der Waals surface area contributed by atoms with Crippen molar-refractivity contribution in [3.8, 4) is 6.07 Å². The van der Waals surface area contributed by atoms with Crippen molar-refractivity contribution in [2.75, 3.05) is 12.4 Å². The number of benzene rings is 1. The molecular weight excluding hydrogens is 270 g/mol. The molecule has 0 heterocycles. The van der Waals surface area contributed by atoms with E-state index in [0.717, 1.165) is 0 Å². The van der Waals surface area contributed by atoms with Crippen LogP contribution in [0.3, 0.4) is 0 Å². The van der Waals surface area contributed by atoms with Crippen LogP contribution >= 0.6 is 0 Å². The second-order valence-electron chi connectivity index (χ2n) is 3.81. The molecule has 1 N–H and O–H groups in total. The van der Waals surface area contributed by atoms with E-state index in [4.69, 9.17) is 15.1 Å². The number of ether oxygens (including phenoxy) is 1. The summed E-state index contributed by atoms with van der Waals surface area (Å²) in [6, 6.07) is 7.40. The van der Waals surface area contributed by atoms with Crippen molar-refractivity contribution in [1.82, 2.24) is 0 Å². The SMILES string of the molecule is C[C@H](OCCS(=O)(=O)c1ccc(C#N)cc1)C(=O)O. The lowest BCUT2D eigenvalue weighted by Gasteiger charge is -2.08. The fraction of sp³-hybridized carbons (Fsp3) is 0.333. The molecule has 0 aliphatic rings. The molecule has 0 fully saturated rings. The molecule has 0 bridgehead atoms. The molecule has 0 spiro atoms. The van der Waals surface area contributed by atoms with Gasteiger partial charge in [0, 0.05) is 0 Å². The van der Waals surface area contributed by atoms with Crippen LogP contribution in [-0.2, 0) is 19.4 Å². The fourth-order valence-corrected chi connectivity index (χ4v) is 2.36. The van der Waals surface area contributed by atoms with Crippen LogP contribution < -0.4 is 0 Å². The number of carbonyl (C=O) groups is 1. The summed E-state index contributed by atoms with van der Waals surface area (Å²) in [7, 11) is -3.53. The van der Waals surface area contributed by atoms with Gasteiger partial charge >= 0.3 is 5.97 Å². The Kier molecular flexibility index (Phi) is 5.03. The molecule has 0 aliphatic heterocycles. The number of hydrogen-bond donors (Lipinski definition) is 1. The first-order chi connectivity index (χ1) is 8.86. The number of nitriles is 1. The lowest BCUT2D eigenvalue weighted by molar-refractivity contribution is -0.148. The smallest absolute Gasteiger partial charge is 0.332 e. The summed E-state index contributed by atoms with van der Waals surface area (Å²) in [6.07, 6.45) is -1.05. The lowest BCUT2D eigenvalue weighted by atomic mass is 10.2. The number of rotatable bonds is 6. The minimum atomic E-state index is -3.53. The Labute approximate surface area is 111 Å². The van der Waals surface area contributed by atoms with Crippen molar-refractivity contribution in [2.24, 2.45) is 0 Å². The third-order valence-corrected chi connectivity index (χ3v) is 4.10. The monoisotopic (exact) mass is 283 g/mol. The zero-order valence-corrected chi connectivity index (χ0v) is 11.1. The maximum atomic E-state index is 11.9. The highest BCUT2D eigenvalue weighted by Gasteiger charge is 2.17. The second kappa shape index (κ2) is 6.31. The van der Waals surface area contributed by atoms with E-state index >= 15 is 0 Å². The second-order valence-corrected chi connectivity index (χ2v) is 5.92. The molecule has 0 aliphatic carbocycles. The first-order valence-corrected chi connectivity index (χ1v) is 7.09. The number of carboxylic acid groups (broad SMARTS) is 1. The molecule has 0 saturated heterocycles. The van der Waals surface area contributed by atoms with Crippen molar-refractivity contribution in [2.45, 2.75) is 17.9 Å². The number of aliphatic carboxylic acids is 1. The van der Waals surface area contributed by atoms with E-state index in [-0.39, 0.29) is 17.3 Å². The molecule has 0 radical (unpaired) electrons. The summed E-state index contributed by atoms with van der Waals surface area (Å²) in [6.45, 7) is 1.13. The standard InChI is InChI=1S/C12H13NO5S/c1-9(12(14)15)18-6-7-19(16,17)11-4-2-10(8-13)3-5-11/h2-5,9H,6-7H2,1H3,(H,14,15)/t9-/m0/s1. The molecule has 1 aromatic rings. The summed E-state index contributed by atoms with van der Waals surface area (Å²) in [5.41, 5.74) is 0.370. The molecule has 7 heteroatoms. The van der Waals surface area contributed by atoms with Crippen molar-refractivity contribution >= 4 is 15.8 Å². The molecule has 6 nitrogen and oxygen atoms in total. The van der Waals surface area contributed by atoms with Crippen LogP contribution in [0.1, 0.15) is 12.5 Å². The van der Waals surface area contributed by atoms with E-state index in [2.05, 4.69) is 0 Å². The van der Waals surface area contributed by atoms with Gasteiger partial charge in [0.15, 0.2) is 15.9 Å². The highest BCUT2D eigenvalue weighted by Crippen LogP contribution is 2.12. The third kappa shape index (κ3) is 4.35. The van der Waals surface area contributed by atoms with Crippen LogP contribution in [0.15, 0.2) is 29.2 Å². The largest absolute Gasteiger partial charge is 0.479 e. The van der Waals surface area contributed by atoms with Crippen LogP contribution in [0.4, 0.5) is 0 Å². The van der Waals surface area contributed by atoms with Crippen LogP contribution in [0, 0.1) is 11.3 Å². The summed E-state index contributed by atoms with van der Waals surface area (Å²) in [4.78, 5) is 10.6. The van der Waals surface area contributed by atoms with Gasteiger partial charge in [-0.1, -0.05) is 0 Å². The molecule has 0 unspecified atom stereocenters. The Hall–Kier alpha value is -1.91. The molecule has 102 valence electrons. The van der Waals surface area contributed by atoms with Crippen molar-refractivity contribution < 1.29 is 23.1 Å². The number of hydrogen-bond acceptors (Lipinski definition) is 5. The van der Waals surface area contributed by atoms with E-state index < -0.39 is 21.9 Å². The zero-order chi connectivity index (χ0) is 14.5. The first kappa shape index (κ1) is 15.1. The fourth-order valence-electron chi connectivity index (χ4n) is 1.26. The van der Waals surface area contributed by atoms with Gasteiger partial charge < -0.3 is 9.84 Å². The van der Waals surface area contributed by atoms with E-state index in [0.29, 0.717) is 5.56 Å². The zero-order valence-electron chi connectivity index (χ0n) is 10.2. The summed E-state index contributed by atoms with van der Waals surface area (Å²) in [5, 5.41) is 17.2. The van der Waals surface area contributed by atoms with E-state index in [1.165, 1.54) is 31.2 Å². The predicted octanol–water partition coefficient (Wildman–Crippen LogP) is 0.822. The van der Waals surface area contributed by atoms with Gasteiger partial charge in [0.05, 0.1) is 28.9 Å². The first-order valence-electron chi connectivity index (χ1n) is 5.44. The maximum absolute atomic E-state index is 11.9. The predicted molar refractivity (Wildman–Crippen MR) is 66.3 cm³/mol. The van der Waals surface area contributed by atoms with Gasteiger partial charge in [-0.05, 0) is 31.2 Å². The normalized spacial score (nSPS) is 12.6. The van der Waals surface area contributed by atoms with E-state index in [1.54, 1.807) is 0 Å². The Morgan fingerprint density at radius 3 is 2.47 bits per heavy atom. The molecular formula is C12H13NO5S. The Morgan fingerprint density at radius 1 is 1.42 bits per heavy atom. The molecule has 1 atom stereocenters. The molecule has 19 heavy (non-hydrogen) atoms. The van der Waals surface area contributed by atoms with Gasteiger partial charge in [-0.2, -0.15) is 5.26 Å². The Balaban J connectivity index is 2.66. The molecule has 0 aromatic heterocycles. The highest BCUT2D eigenvalue weighted by atomic mass is 32.2. The molecule has 1 rings (SSSR count). The third-order valence-electron chi connectivity index (χ3n) is 2.41. The Morgan fingerprint density at radius 2 is 2.00 bits per heavy atom. The molecule has 0 amide bonds. The summed E-state index contributed by atoms with van der Waals surface area (Å²) < 4.78 is 28.6. The van der Waals surface area contributed by atoms with Gasteiger partial charge in [0.25, 0.3) is 0 Å². The van der Waals surface area contributed by atoms with Crippen LogP contribution in [0.25, 0.3) is 0 Å². The van der Waals surface area contributed by atoms with Gasteiger partial charge in [-0.25, -0.2) is 13.2 Å². The highest BCUT2D eigenvalue weighted by molar-refractivity contribution is 7.91. The molecule has 1 aromatic carbocycles. The number of sulfone groups is 1. The topological polar surface area (TPSA) is 104 Å². The lowest BCUT2D eigenvalue weighted by Crippen LogP contribution is -2.23. The van der Waals surface area contributed by atoms with Gasteiger partial charge in [0.1, 0.15) is 0 Å². The van der Waals surface area contributed by atoms with Gasteiger partial charge in [-0.3, -0.25) is 0 Å². The Bertz CT molecular complexity index is 586.